The van der Waals surface area contributed by atoms with E-state index in [1.807, 2.05) is 20.8 Å². The molecule has 0 bridgehead atoms. The summed E-state index contributed by atoms with van der Waals surface area (Å²) in [5, 5.41) is 0. The number of carbonyl (C=O) groups excluding carboxylic acids is 2. The van der Waals surface area contributed by atoms with Crippen LogP contribution in [0.4, 0.5) is 4.79 Å². The molecule has 0 aromatic heterocycles. The minimum Gasteiger partial charge on any atom is -0.310 e. The van der Waals surface area contributed by atoms with Crippen LogP contribution in [0.2, 0.25) is 0 Å². The first-order valence-corrected chi connectivity index (χ1v) is 6.05. The summed E-state index contributed by atoms with van der Waals surface area (Å²) in [5.41, 5.74) is -0.264. The van der Waals surface area contributed by atoms with E-state index >= 15 is 0 Å². The van der Waals surface area contributed by atoms with E-state index in [1.54, 1.807) is 4.90 Å². The number of amides is 3. The van der Waals surface area contributed by atoms with E-state index in [4.69, 9.17) is 0 Å². The first-order valence-electron chi connectivity index (χ1n) is 6.05. The Labute approximate surface area is 96.6 Å². The van der Waals surface area contributed by atoms with Crippen molar-refractivity contribution in [1.29, 1.82) is 0 Å². The Morgan fingerprint density at radius 1 is 1.12 bits per heavy atom. The molecule has 4 heteroatoms. The maximum absolute atomic E-state index is 12.2. The largest absolute Gasteiger partial charge is 0.327 e. The van der Waals surface area contributed by atoms with Crippen molar-refractivity contribution in [1.82, 2.24) is 9.80 Å². The van der Waals surface area contributed by atoms with Gasteiger partial charge in [0, 0.05) is 11.6 Å². The van der Waals surface area contributed by atoms with Gasteiger partial charge in [-0.3, -0.25) is 9.69 Å². The molecule has 1 aliphatic heterocycles. The van der Waals surface area contributed by atoms with Crippen molar-refractivity contribution >= 4 is 11.9 Å². The molecule has 0 spiro atoms. The highest BCUT2D eigenvalue weighted by Crippen LogP contribution is 2.29. The lowest BCUT2D eigenvalue weighted by Gasteiger charge is -2.31. The van der Waals surface area contributed by atoms with E-state index < -0.39 is 0 Å². The second kappa shape index (κ2) is 3.75. The molecule has 1 saturated heterocycles. The number of rotatable bonds is 1. The SMILES string of the molecule is CC(C)(C)N1CC(=O)N(C2CCCC2)C1=O. The lowest BCUT2D eigenvalue weighted by atomic mass is 10.1. The van der Waals surface area contributed by atoms with Gasteiger partial charge in [-0.2, -0.15) is 0 Å². The Kier molecular flexibility index (Phi) is 2.68. The summed E-state index contributed by atoms with van der Waals surface area (Å²) < 4.78 is 0. The molecular weight excluding hydrogens is 204 g/mol. The lowest BCUT2D eigenvalue weighted by Crippen LogP contribution is -2.46. The maximum atomic E-state index is 12.2. The number of carbonyl (C=O) groups is 2. The Hall–Kier alpha value is -1.06. The molecule has 0 aromatic carbocycles. The van der Waals surface area contributed by atoms with Gasteiger partial charge in [0.2, 0.25) is 0 Å². The Balaban J connectivity index is 2.16. The van der Waals surface area contributed by atoms with Gasteiger partial charge in [-0.25, -0.2) is 4.79 Å². The maximum Gasteiger partial charge on any atom is 0.327 e. The van der Waals surface area contributed by atoms with Crippen molar-refractivity contribution in [3.05, 3.63) is 0 Å². The molecule has 0 N–H and O–H groups in total. The third-order valence-electron chi connectivity index (χ3n) is 3.50. The predicted octanol–water partition coefficient (Wildman–Crippen LogP) is 1.99. The molecule has 2 aliphatic rings. The zero-order valence-electron chi connectivity index (χ0n) is 10.3. The molecule has 2 rings (SSSR count). The van der Waals surface area contributed by atoms with Crippen molar-refractivity contribution in [2.45, 2.75) is 58.0 Å². The molecule has 90 valence electrons. The Bertz CT molecular complexity index is 313. The van der Waals surface area contributed by atoms with Crippen LogP contribution in [-0.4, -0.2) is 39.9 Å². The fraction of sp³-hybridized carbons (Fsp3) is 0.833. The van der Waals surface area contributed by atoms with E-state index in [1.165, 1.54) is 4.90 Å². The molecule has 1 aliphatic carbocycles. The van der Waals surface area contributed by atoms with Crippen LogP contribution >= 0.6 is 0 Å². The number of nitrogens with zero attached hydrogens (tertiary/aromatic N) is 2. The summed E-state index contributed by atoms with van der Waals surface area (Å²) in [6.07, 6.45) is 4.24. The average Bonchev–Trinajstić information content (AvgIpc) is 2.72. The van der Waals surface area contributed by atoms with Crippen molar-refractivity contribution in [2.24, 2.45) is 0 Å². The van der Waals surface area contributed by atoms with Crippen LogP contribution in [0.5, 0.6) is 0 Å². The molecule has 0 unspecified atom stereocenters. The van der Waals surface area contributed by atoms with Crippen molar-refractivity contribution < 1.29 is 9.59 Å². The van der Waals surface area contributed by atoms with Gasteiger partial charge in [0.15, 0.2) is 0 Å². The summed E-state index contributed by atoms with van der Waals surface area (Å²) in [7, 11) is 0. The first-order chi connectivity index (χ1) is 7.41. The summed E-state index contributed by atoms with van der Waals surface area (Å²) in [4.78, 5) is 27.2. The monoisotopic (exact) mass is 224 g/mol. The molecule has 2 fully saturated rings. The molecule has 0 aromatic rings. The van der Waals surface area contributed by atoms with Gasteiger partial charge < -0.3 is 4.90 Å². The fourth-order valence-electron chi connectivity index (χ4n) is 2.56. The molecule has 1 heterocycles. The lowest BCUT2D eigenvalue weighted by molar-refractivity contribution is -0.127. The highest BCUT2D eigenvalue weighted by molar-refractivity contribution is 6.02. The summed E-state index contributed by atoms with van der Waals surface area (Å²) in [5.74, 6) is -0.0215. The third kappa shape index (κ3) is 1.81. The van der Waals surface area contributed by atoms with E-state index in [-0.39, 0.29) is 30.1 Å². The normalized spacial score (nSPS) is 23.7. The van der Waals surface area contributed by atoms with Crippen molar-refractivity contribution in [3.63, 3.8) is 0 Å². The van der Waals surface area contributed by atoms with Crippen LogP contribution in [0.15, 0.2) is 0 Å². The topological polar surface area (TPSA) is 40.6 Å². The first kappa shape index (κ1) is 11.4. The fourth-order valence-corrected chi connectivity index (χ4v) is 2.56. The smallest absolute Gasteiger partial charge is 0.310 e. The van der Waals surface area contributed by atoms with Crippen LogP contribution < -0.4 is 0 Å². The Morgan fingerprint density at radius 3 is 2.12 bits per heavy atom. The number of hydrogen-bond donors (Lipinski definition) is 0. The molecular formula is C12H20N2O2. The minimum atomic E-state index is -0.264. The molecule has 1 saturated carbocycles. The van der Waals surface area contributed by atoms with Crippen LogP contribution in [0.3, 0.4) is 0 Å². The van der Waals surface area contributed by atoms with Gasteiger partial charge in [0.25, 0.3) is 5.91 Å². The van der Waals surface area contributed by atoms with E-state index in [0.29, 0.717) is 0 Å². The summed E-state index contributed by atoms with van der Waals surface area (Å²) in [6.45, 7) is 6.15. The number of hydrogen-bond acceptors (Lipinski definition) is 2. The van der Waals surface area contributed by atoms with Gasteiger partial charge >= 0.3 is 6.03 Å². The van der Waals surface area contributed by atoms with Crippen LogP contribution in [0.1, 0.15) is 46.5 Å². The standard InChI is InChI=1S/C12H20N2O2/c1-12(2,3)13-8-10(15)14(11(13)16)9-6-4-5-7-9/h9H,4-8H2,1-3H3. The highest BCUT2D eigenvalue weighted by atomic mass is 16.2. The predicted molar refractivity (Wildman–Crippen MR) is 61.0 cm³/mol. The zero-order valence-corrected chi connectivity index (χ0v) is 10.3. The number of imide groups is 1. The van der Waals surface area contributed by atoms with Gasteiger partial charge in [0.05, 0.1) is 0 Å². The van der Waals surface area contributed by atoms with Gasteiger partial charge in [-0.15, -0.1) is 0 Å². The molecule has 3 amide bonds. The van der Waals surface area contributed by atoms with Crippen LogP contribution in [-0.2, 0) is 4.79 Å². The molecule has 4 nitrogen and oxygen atoms in total. The number of urea groups is 1. The third-order valence-corrected chi connectivity index (χ3v) is 3.50. The van der Waals surface area contributed by atoms with Gasteiger partial charge in [-0.1, -0.05) is 12.8 Å². The Morgan fingerprint density at radius 2 is 1.69 bits per heavy atom. The molecule has 16 heavy (non-hydrogen) atoms. The van der Waals surface area contributed by atoms with E-state index in [2.05, 4.69) is 0 Å². The van der Waals surface area contributed by atoms with Crippen molar-refractivity contribution in [3.8, 4) is 0 Å². The second-order valence-corrected chi connectivity index (χ2v) is 5.74. The minimum absolute atomic E-state index is 0.0215. The van der Waals surface area contributed by atoms with E-state index in [0.717, 1.165) is 25.7 Å². The summed E-state index contributed by atoms with van der Waals surface area (Å²) in [6, 6.07) is 0.0664. The van der Waals surface area contributed by atoms with Crippen molar-refractivity contribution in [2.75, 3.05) is 6.54 Å². The van der Waals surface area contributed by atoms with Gasteiger partial charge in [0.1, 0.15) is 6.54 Å². The zero-order chi connectivity index (χ0) is 11.9. The van der Waals surface area contributed by atoms with Gasteiger partial charge in [-0.05, 0) is 33.6 Å². The summed E-state index contributed by atoms with van der Waals surface area (Å²) >= 11 is 0. The average molecular weight is 224 g/mol. The van der Waals surface area contributed by atoms with E-state index in [9.17, 15) is 9.59 Å². The van der Waals surface area contributed by atoms with Crippen LogP contribution in [0.25, 0.3) is 0 Å². The highest BCUT2D eigenvalue weighted by Gasteiger charge is 2.44. The quantitative estimate of drug-likeness (QED) is 0.639. The molecule has 0 atom stereocenters. The molecule has 0 radical (unpaired) electrons. The van der Waals surface area contributed by atoms with Crippen LogP contribution in [0, 0.1) is 0 Å². The second-order valence-electron chi connectivity index (χ2n) is 5.74.